The first-order valence-electron chi connectivity index (χ1n) is 7.23. The standard InChI is InChI=1S/C15H21N3O3/c1-10(2)18-14(19)11-5-6-16-13(8-11)15(20)17-9-12-4-3-7-21-12/h5-6,8,10,12H,3-4,7,9H2,1-2H3,(H,17,20)(H,18,19). The SMILES string of the molecule is CC(C)NC(=O)c1ccnc(C(=O)NCC2CCCO2)c1. The molecule has 0 spiro atoms. The summed E-state index contributed by atoms with van der Waals surface area (Å²) in [4.78, 5) is 28.0. The molecule has 6 heteroatoms. The van der Waals surface area contributed by atoms with Gasteiger partial charge in [-0.3, -0.25) is 14.6 Å². The molecule has 1 aliphatic rings. The minimum atomic E-state index is -0.287. The molecule has 1 aromatic heterocycles. The van der Waals surface area contributed by atoms with E-state index < -0.39 is 0 Å². The Balaban J connectivity index is 1.95. The van der Waals surface area contributed by atoms with Crippen molar-refractivity contribution in [2.75, 3.05) is 13.2 Å². The third-order valence-electron chi connectivity index (χ3n) is 3.19. The molecule has 2 heterocycles. The van der Waals surface area contributed by atoms with Crippen LogP contribution in [0.1, 0.15) is 47.5 Å². The molecule has 1 aliphatic heterocycles. The predicted molar refractivity (Wildman–Crippen MR) is 78.1 cm³/mol. The van der Waals surface area contributed by atoms with Crippen LogP contribution in [0, 0.1) is 0 Å². The zero-order chi connectivity index (χ0) is 15.2. The Morgan fingerprint density at radius 3 is 2.90 bits per heavy atom. The highest BCUT2D eigenvalue weighted by Gasteiger charge is 2.17. The molecule has 0 aromatic carbocycles. The van der Waals surface area contributed by atoms with E-state index in [2.05, 4.69) is 15.6 Å². The second-order valence-electron chi connectivity index (χ2n) is 5.40. The number of nitrogens with zero attached hydrogens (tertiary/aromatic N) is 1. The Morgan fingerprint density at radius 2 is 2.24 bits per heavy atom. The van der Waals surface area contributed by atoms with Gasteiger partial charge in [0.25, 0.3) is 11.8 Å². The van der Waals surface area contributed by atoms with Gasteiger partial charge in [0.2, 0.25) is 0 Å². The van der Waals surface area contributed by atoms with Crippen LogP contribution in [-0.4, -0.2) is 42.1 Å². The van der Waals surface area contributed by atoms with Gasteiger partial charge in [-0.1, -0.05) is 0 Å². The minimum absolute atomic E-state index is 0.0439. The van der Waals surface area contributed by atoms with Gasteiger partial charge in [0, 0.05) is 31.0 Å². The number of hydrogen-bond acceptors (Lipinski definition) is 4. The van der Waals surface area contributed by atoms with E-state index in [1.54, 1.807) is 6.07 Å². The first-order valence-corrected chi connectivity index (χ1v) is 7.23. The average Bonchev–Trinajstić information content (AvgIpc) is 2.97. The summed E-state index contributed by atoms with van der Waals surface area (Å²) in [5.41, 5.74) is 0.672. The van der Waals surface area contributed by atoms with Gasteiger partial charge in [0.1, 0.15) is 5.69 Å². The summed E-state index contributed by atoms with van der Waals surface area (Å²) in [7, 11) is 0. The van der Waals surface area contributed by atoms with Gasteiger partial charge in [-0.2, -0.15) is 0 Å². The number of hydrogen-bond donors (Lipinski definition) is 2. The second-order valence-corrected chi connectivity index (χ2v) is 5.40. The van der Waals surface area contributed by atoms with Crippen molar-refractivity contribution in [2.24, 2.45) is 0 Å². The molecular weight excluding hydrogens is 270 g/mol. The summed E-state index contributed by atoms with van der Waals surface area (Å²) < 4.78 is 5.45. The smallest absolute Gasteiger partial charge is 0.269 e. The molecule has 0 radical (unpaired) electrons. The molecule has 1 atom stereocenters. The molecule has 2 amide bonds. The molecule has 1 unspecified atom stereocenters. The molecule has 1 fully saturated rings. The maximum atomic E-state index is 12.0. The quantitative estimate of drug-likeness (QED) is 0.852. The molecule has 2 rings (SSSR count). The molecule has 0 saturated carbocycles. The van der Waals surface area contributed by atoms with Crippen LogP contribution in [-0.2, 0) is 4.74 Å². The van der Waals surface area contributed by atoms with Crippen LogP contribution in [0.25, 0.3) is 0 Å². The molecule has 0 aliphatic carbocycles. The number of carbonyl (C=O) groups excluding carboxylic acids is 2. The predicted octanol–water partition coefficient (Wildman–Crippen LogP) is 1.13. The Bertz CT molecular complexity index is 511. The lowest BCUT2D eigenvalue weighted by atomic mass is 10.2. The summed E-state index contributed by atoms with van der Waals surface area (Å²) in [6.07, 6.45) is 3.55. The van der Waals surface area contributed by atoms with Crippen molar-refractivity contribution < 1.29 is 14.3 Å². The van der Waals surface area contributed by atoms with Gasteiger partial charge < -0.3 is 15.4 Å². The van der Waals surface area contributed by atoms with E-state index in [1.165, 1.54) is 12.3 Å². The highest BCUT2D eigenvalue weighted by molar-refractivity contribution is 5.98. The van der Waals surface area contributed by atoms with E-state index >= 15 is 0 Å². The van der Waals surface area contributed by atoms with Crippen molar-refractivity contribution in [3.8, 4) is 0 Å². The summed E-state index contributed by atoms with van der Waals surface area (Å²) in [6.45, 7) is 5.00. The van der Waals surface area contributed by atoms with E-state index in [4.69, 9.17) is 4.74 Å². The van der Waals surface area contributed by atoms with Crippen LogP contribution >= 0.6 is 0 Å². The number of pyridine rings is 1. The van der Waals surface area contributed by atoms with Crippen LogP contribution < -0.4 is 10.6 Å². The molecule has 114 valence electrons. The topological polar surface area (TPSA) is 80.3 Å². The van der Waals surface area contributed by atoms with E-state index in [0.29, 0.717) is 12.1 Å². The second kappa shape index (κ2) is 7.17. The van der Waals surface area contributed by atoms with Crippen molar-refractivity contribution in [1.82, 2.24) is 15.6 Å². The molecular formula is C15H21N3O3. The summed E-state index contributed by atoms with van der Waals surface area (Å²) in [5.74, 6) is -0.495. The van der Waals surface area contributed by atoms with Crippen molar-refractivity contribution >= 4 is 11.8 Å². The van der Waals surface area contributed by atoms with Gasteiger partial charge >= 0.3 is 0 Å². The van der Waals surface area contributed by atoms with E-state index in [1.807, 2.05) is 13.8 Å². The molecule has 1 aromatic rings. The average molecular weight is 291 g/mol. The van der Waals surface area contributed by atoms with Gasteiger partial charge in [-0.25, -0.2) is 0 Å². The largest absolute Gasteiger partial charge is 0.376 e. The molecule has 21 heavy (non-hydrogen) atoms. The lowest BCUT2D eigenvalue weighted by Crippen LogP contribution is -2.33. The van der Waals surface area contributed by atoms with E-state index in [0.717, 1.165) is 19.4 Å². The van der Waals surface area contributed by atoms with Gasteiger partial charge in [-0.15, -0.1) is 0 Å². The number of nitrogens with one attached hydrogen (secondary N) is 2. The summed E-state index contributed by atoms with van der Waals surface area (Å²) in [5, 5.41) is 5.57. The Morgan fingerprint density at radius 1 is 1.43 bits per heavy atom. The molecule has 1 saturated heterocycles. The number of amides is 2. The summed E-state index contributed by atoms with van der Waals surface area (Å²) >= 11 is 0. The third kappa shape index (κ3) is 4.53. The van der Waals surface area contributed by atoms with Gasteiger partial charge in [-0.05, 0) is 38.8 Å². The third-order valence-corrected chi connectivity index (χ3v) is 3.19. The maximum Gasteiger partial charge on any atom is 0.269 e. The van der Waals surface area contributed by atoms with Gasteiger partial charge in [0.15, 0.2) is 0 Å². The molecule has 6 nitrogen and oxygen atoms in total. The Labute approximate surface area is 124 Å². The monoisotopic (exact) mass is 291 g/mol. The molecule has 0 bridgehead atoms. The number of rotatable bonds is 5. The van der Waals surface area contributed by atoms with Crippen LogP contribution in [0.3, 0.4) is 0 Å². The van der Waals surface area contributed by atoms with Crippen LogP contribution in [0.5, 0.6) is 0 Å². The zero-order valence-corrected chi connectivity index (χ0v) is 12.4. The van der Waals surface area contributed by atoms with E-state index in [-0.39, 0.29) is 29.7 Å². The first-order chi connectivity index (χ1) is 10.1. The zero-order valence-electron chi connectivity index (χ0n) is 12.4. The fourth-order valence-corrected chi connectivity index (χ4v) is 2.14. The Kier molecular flexibility index (Phi) is 5.27. The van der Waals surface area contributed by atoms with Crippen LogP contribution in [0.4, 0.5) is 0 Å². The number of carbonyl (C=O) groups is 2. The highest BCUT2D eigenvalue weighted by atomic mass is 16.5. The minimum Gasteiger partial charge on any atom is -0.376 e. The Hall–Kier alpha value is -1.95. The van der Waals surface area contributed by atoms with E-state index in [9.17, 15) is 9.59 Å². The lowest BCUT2D eigenvalue weighted by Gasteiger charge is -2.11. The van der Waals surface area contributed by atoms with Crippen molar-refractivity contribution in [2.45, 2.75) is 38.8 Å². The number of aromatic nitrogens is 1. The normalized spacial score (nSPS) is 17.8. The molecule has 2 N–H and O–H groups in total. The summed E-state index contributed by atoms with van der Waals surface area (Å²) in [6, 6.07) is 3.14. The van der Waals surface area contributed by atoms with Crippen LogP contribution in [0.2, 0.25) is 0 Å². The van der Waals surface area contributed by atoms with Gasteiger partial charge in [0.05, 0.1) is 6.10 Å². The van der Waals surface area contributed by atoms with Crippen molar-refractivity contribution in [3.63, 3.8) is 0 Å². The van der Waals surface area contributed by atoms with Crippen molar-refractivity contribution in [1.29, 1.82) is 0 Å². The number of ether oxygens (including phenoxy) is 1. The lowest BCUT2D eigenvalue weighted by molar-refractivity contribution is 0.0853. The van der Waals surface area contributed by atoms with Crippen molar-refractivity contribution in [3.05, 3.63) is 29.6 Å². The fraction of sp³-hybridized carbons (Fsp3) is 0.533. The fourth-order valence-electron chi connectivity index (χ4n) is 2.14. The van der Waals surface area contributed by atoms with Crippen LogP contribution in [0.15, 0.2) is 18.3 Å². The first kappa shape index (κ1) is 15.4. The maximum absolute atomic E-state index is 12.0. The highest BCUT2D eigenvalue weighted by Crippen LogP contribution is 2.11.